The minimum absolute atomic E-state index is 0.231. The number of aliphatic hydroxyl groups excluding tert-OH is 1. The molecule has 0 spiro atoms. The smallest absolute Gasteiger partial charge is 0.0920 e. The molecule has 5 heteroatoms. The normalized spacial score (nSPS) is 20.4. The zero-order valence-corrected chi connectivity index (χ0v) is 15.8. The lowest BCUT2D eigenvalue weighted by molar-refractivity contribution is -0.0689. The van der Waals surface area contributed by atoms with Gasteiger partial charge in [-0.2, -0.15) is 0 Å². The van der Waals surface area contributed by atoms with Gasteiger partial charge >= 0.3 is 0 Å². The Hall–Kier alpha value is -0.460. The fourth-order valence-corrected chi connectivity index (χ4v) is 3.12. The van der Waals surface area contributed by atoms with Crippen molar-refractivity contribution in [3.63, 3.8) is 0 Å². The molecule has 1 heterocycles. The average molecular weight is 386 g/mol. The summed E-state index contributed by atoms with van der Waals surface area (Å²) < 4.78 is 6.64. The predicted molar refractivity (Wildman–Crippen MR) is 95.4 cm³/mol. The molecular formula is C18H28BrNO3. The van der Waals surface area contributed by atoms with Crippen molar-refractivity contribution in [1.29, 1.82) is 0 Å². The highest BCUT2D eigenvalue weighted by Gasteiger charge is 2.34. The van der Waals surface area contributed by atoms with E-state index in [0.717, 1.165) is 23.1 Å². The van der Waals surface area contributed by atoms with Gasteiger partial charge in [0.05, 0.1) is 23.9 Å². The van der Waals surface area contributed by atoms with Crippen LogP contribution in [0.4, 0.5) is 0 Å². The summed E-state index contributed by atoms with van der Waals surface area (Å²) >= 11 is 3.42. The van der Waals surface area contributed by atoms with Gasteiger partial charge in [0.25, 0.3) is 0 Å². The molecule has 1 aliphatic rings. The zero-order valence-electron chi connectivity index (χ0n) is 14.3. The summed E-state index contributed by atoms with van der Waals surface area (Å²) in [6, 6.07) is 7.89. The third kappa shape index (κ3) is 5.84. The van der Waals surface area contributed by atoms with Crippen LogP contribution < -0.4 is 0 Å². The first-order chi connectivity index (χ1) is 10.7. The van der Waals surface area contributed by atoms with Gasteiger partial charge in [-0.25, -0.2) is 0 Å². The Labute approximate surface area is 147 Å². The van der Waals surface area contributed by atoms with Crippen LogP contribution in [-0.4, -0.2) is 53.1 Å². The summed E-state index contributed by atoms with van der Waals surface area (Å²) in [4.78, 5) is 2.20. The van der Waals surface area contributed by atoms with E-state index in [1.54, 1.807) is 0 Å². The molecule has 0 bridgehead atoms. The molecule has 1 aliphatic heterocycles. The van der Waals surface area contributed by atoms with E-state index < -0.39 is 11.7 Å². The van der Waals surface area contributed by atoms with Gasteiger partial charge in [-0.15, -0.1) is 0 Å². The molecule has 2 N–H and O–H groups in total. The molecule has 1 aromatic carbocycles. The van der Waals surface area contributed by atoms with Gasteiger partial charge in [0.15, 0.2) is 0 Å². The Balaban J connectivity index is 1.82. The van der Waals surface area contributed by atoms with Crippen molar-refractivity contribution in [2.24, 2.45) is 0 Å². The first-order valence-corrected chi connectivity index (χ1v) is 9.00. The minimum Gasteiger partial charge on any atom is -0.389 e. The summed E-state index contributed by atoms with van der Waals surface area (Å²) in [6.07, 6.45) is 0.872. The van der Waals surface area contributed by atoms with Crippen LogP contribution in [0.25, 0.3) is 0 Å². The van der Waals surface area contributed by atoms with E-state index in [0.29, 0.717) is 26.0 Å². The van der Waals surface area contributed by atoms with E-state index in [1.807, 2.05) is 45.0 Å². The molecule has 0 aromatic heterocycles. The quantitative estimate of drug-likeness (QED) is 0.817. The molecule has 2 rings (SSSR count). The number of aliphatic hydroxyl groups is 2. The average Bonchev–Trinajstić information content (AvgIpc) is 2.48. The molecule has 23 heavy (non-hydrogen) atoms. The fourth-order valence-electron chi connectivity index (χ4n) is 2.85. The van der Waals surface area contributed by atoms with Gasteiger partial charge in [-0.3, -0.25) is 0 Å². The Bertz CT molecular complexity index is 490. The van der Waals surface area contributed by atoms with E-state index in [4.69, 9.17) is 4.74 Å². The van der Waals surface area contributed by atoms with Gasteiger partial charge in [-0.05, 0) is 51.3 Å². The van der Waals surface area contributed by atoms with Crippen LogP contribution in [-0.2, 0) is 10.3 Å². The topological polar surface area (TPSA) is 52.9 Å². The van der Waals surface area contributed by atoms with Crippen molar-refractivity contribution >= 4 is 15.9 Å². The third-order valence-corrected chi connectivity index (χ3v) is 4.77. The van der Waals surface area contributed by atoms with Crippen molar-refractivity contribution < 1.29 is 14.9 Å². The predicted octanol–water partition coefficient (Wildman–Crippen LogP) is 2.91. The second-order valence-electron chi connectivity index (χ2n) is 7.42. The van der Waals surface area contributed by atoms with Crippen molar-refractivity contribution in [3.05, 3.63) is 34.3 Å². The number of rotatable bonds is 5. The Morgan fingerprint density at radius 2 is 1.78 bits per heavy atom. The highest BCUT2D eigenvalue weighted by atomic mass is 79.9. The Morgan fingerprint density at radius 3 is 2.30 bits per heavy atom. The molecule has 1 aromatic rings. The number of ether oxygens (including phenoxy) is 1. The summed E-state index contributed by atoms with van der Waals surface area (Å²) in [5.41, 5.74) is -0.0219. The van der Waals surface area contributed by atoms with Gasteiger partial charge < -0.3 is 19.8 Å². The van der Waals surface area contributed by atoms with E-state index in [1.165, 1.54) is 0 Å². The molecule has 0 amide bonds. The van der Waals surface area contributed by atoms with Gasteiger partial charge in [0.1, 0.15) is 0 Å². The van der Waals surface area contributed by atoms with Crippen LogP contribution in [0.2, 0.25) is 0 Å². The number of halogens is 1. The van der Waals surface area contributed by atoms with Crippen LogP contribution in [0.5, 0.6) is 0 Å². The SMILES string of the molecule is CC(C)(C)OCC(O)CN1CCC(O)(c2ccc(Br)cc2)CC1. The number of hydrogen-bond donors (Lipinski definition) is 2. The molecule has 4 nitrogen and oxygen atoms in total. The van der Waals surface area contributed by atoms with Gasteiger partial charge in [-0.1, -0.05) is 28.1 Å². The maximum absolute atomic E-state index is 10.9. The summed E-state index contributed by atoms with van der Waals surface area (Å²) in [7, 11) is 0. The van der Waals surface area contributed by atoms with Gasteiger partial charge in [0, 0.05) is 24.1 Å². The number of piperidine rings is 1. The minimum atomic E-state index is -0.760. The van der Waals surface area contributed by atoms with Crippen molar-refractivity contribution in [2.45, 2.75) is 50.9 Å². The first kappa shape index (κ1) is 18.9. The van der Waals surface area contributed by atoms with Crippen LogP contribution in [0.15, 0.2) is 28.7 Å². The molecule has 0 aliphatic carbocycles. The molecule has 130 valence electrons. The highest BCUT2D eigenvalue weighted by molar-refractivity contribution is 9.10. The van der Waals surface area contributed by atoms with Crippen molar-refractivity contribution in [1.82, 2.24) is 4.90 Å². The van der Waals surface area contributed by atoms with Gasteiger partial charge in [0.2, 0.25) is 0 Å². The molecule has 1 fully saturated rings. The van der Waals surface area contributed by atoms with Crippen LogP contribution >= 0.6 is 15.9 Å². The van der Waals surface area contributed by atoms with Crippen molar-refractivity contribution in [2.75, 3.05) is 26.2 Å². The molecule has 1 unspecified atom stereocenters. The summed E-state index contributed by atoms with van der Waals surface area (Å²) in [6.45, 7) is 8.44. The molecule has 0 saturated carbocycles. The lowest BCUT2D eigenvalue weighted by atomic mass is 9.84. The number of likely N-dealkylation sites (tertiary alicyclic amines) is 1. The molecule has 0 radical (unpaired) electrons. The first-order valence-electron chi connectivity index (χ1n) is 8.21. The molecular weight excluding hydrogens is 358 g/mol. The highest BCUT2D eigenvalue weighted by Crippen LogP contribution is 2.33. The van der Waals surface area contributed by atoms with E-state index in [2.05, 4.69) is 20.8 Å². The fraction of sp³-hybridized carbons (Fsp3) is 0.667. The van der Waals surface area contributed by atoms with E-state index in [-0.39, 0.29) is 5.60 Å². The summed E-state index contributed by atoms with van der Waals surface area (Å²) in [5, 5.41) is 21.0. The lowest BCUT2D eigenvalue weighted by Gasteiger charge is -2.39. The summed E-state index contributed by atoms with van der Waals surface area (Å²) in [5.74, 6) is 0. The number of nitrogens with zero attached hydrogens (tertiary/aromatic N) is 1. The van der Waals surface area contributed by atoms with Crippen LogP contribution in [0.1, 0.15) is 39.2 Å². The molecule has 1 saturated heterocycles. The maximum Gasteiger partial charge on any atom is 0.0920 e. The second kappa shape index (κ2) is 7.62. The second-order valence-corrected chi connectivity index (χ2v) is 8.33. The lowest BCUT2D eigenvalue weighted by Crippen LogP contribution is -2.46. The number of β-amino-alcohol motifs (C(OH)–C–C–N with tert-alkyl or cyclic N) is 1. The zero-order chi connectivity index (χ0) is 17.1. The number of benzene rings is 1. The molecule has 1 atom stereocenters. The van der Waals surface area contributed by atoms with Crippen LogP contribution in [0.3, 0.4) is 0 Å². The van der Waals surface area contributed by atoms with E-state index >= 15 is 0 Å². The maximum atomic E-state index is 10.9. The largest absolute Gasteiger partial charge is 0.389 e. The number of hydrogen-bond acceptors (Lipinski definition) is 4. The standard InChI is InChI=1S/C18H28BrNO3/c1-17(2,3)23-13-16(21)12-20-10-8-18(22,9-11-20)14-4-6-15(19)7-5-14/h4-7,16,21-22H,8-13H2,1-3H3. The van der Waals surface area contributed by atoms with E-state index in [9.17, 15) is 10.2 Å². The van der Waals surface area contributed by atoms with Crippen molar-refractivity contribution in [3.8, 4) is 0 Å². The monoisotopic (exact) mass is 385 g/mol. The Morgan fingerprint density at radius 1 is 1.22 bits per heavy atom. The Kier molecular flexibility index (Phi) is 6.25. The third-order valence-electron chi connectivity index (χ3n) is 4.24. The van der Waals surface area contributed by atoms with Crippen LogP contribution in [0, 0.1) is 0 Å².